The number of ether oxygens (including phenoxy) is 1. The molecule has 1 aliphatic carbocycles. The van der Waals surface area contributed by atoms with Crippen LogP contribution in [0, 0.1) is 11.3 Å². The van der Waals surface area contributed by atoms with Crippen molar-refractivity contribution in [3.63, 3.8) is 0 Å². The van der Waals surface area contributed by atoms with Crippen molar-refractivity contribution in [3.05, 3.63) is 77.5 Å². The quantitative estimate of drug-likeness (QED) is 0.484. The van der Waals surface area contributed by atoms with Crippen LogP contribution in [0.2, 0.25) is 0 Å². The Morgan fingerprint density at radius 2 is 1.76 bits per heavy atom. The number of fused-ring (bicyclic) bond motifs is 4. The molecule has 0 N–H and O–H groups in total. The Balaban J connectivity index is 1.88. The summed E-state index contributed by atoms with van der Waals surface area (Å²) in [6, 6.07) is 22.9. The molecule has 0 spiro atoms. The molecule has 0 bridgehead atoms. The minimum Gasteiger partial charge on any atom is -0.477 e. The molecular weight excluding hydrogens is 358 g/mol. The minimum atomic E-state index is 0.352. The zero-order valence-corrected chi connectivity index (χ0v) is 16.1. The van der Waals surface area contributed by atoms with Gasteiger partial charge in [-0.3, -0.25) is 0 Å². The Labute approximate surface area is 169 Å². The van der Waals surface area contributed by atoms with Gasteiger partial charge in [0.2, 0.25) is 5.88 Å². The Morgan fingerprint density at radius 3 is 2.55 bits per heavy atom. The van der Waals surface area contributed by atoms with Crippen molar-refractivity contribution in [1.29, 1.82) is 5.26 Å². The van der Waals surface area contributed by atoms with E-state index in [1.807, 2.05) is 37.3 Å². The topological polar surface area (TPSA) is 58.8 Å². The summed E-state index contributed by atoms with van der Waals surface area (Å²) in [4.78, 5) is 9.55. The molecule has 2 aromatic heterocycles. The minimum absolute atomic E-state index is 0.352. The summed E-state index contributed by atoms with van der Waals surface area (Å²) >= 11 is 0. The second-order valence-electron chi connectivity index (χ2n) is 7.09. The molecule has 0 unspecified atom stereocenters. The Morgan fingerprint density at radius 1 is 0.966 bits per heavy atom. The lowest BCUT2D eigenvalue weighted by molar-refractivity contribution is 0.327. The molecule has 4 heteroatoms. The Hall–Kier alpha value is -3.71. The standard InChI is InChI=1S/C25H19N3O/c1-2-29-25-21(15-26)23(17-9-4-3-5-10-17)20-14-19-18-11-7-6-8-16(18)12-13-22(19)27-24(20)28-25/h3-11,14H,2,12-13H2,1H3. The van der Waals surface area contributed by atoms with E-state index in [1.165, 1.54) is 11.1 Å². The van der Waals surface area contributed by atoms with Crippen LogP contribution in [0.15, 0.2) is 60.7 Å². The van der Waals surface area contributed by atoms with E-state index in [9.17, 15) is 5.26 Å². The second kappa shape index (κ2) is 7.03. The van der Waals surface area contributed by atoms with Crippen molar-refractivity contribution in [2.24, 2.45) is 0 Å². The van der Waals surface area contributed by atoms with Crippen LogP contribution in [0.25, 0.3) is 33.3 Å². The lowest BCUT2D eigenvalue weighted by Gasteiger charge is -2.21. The predicted molar refractivity (Wildman–Crippen MR) is 114 cm³/mol. The summed E-state index contributed by atoms with van der Waals surface area (Å²) in [5.41, 5.74) is 7.61. The third-order valence-electron chi connectivity index (χ3n) is 5.42. The highest BCUT2D eigenvalue weighted by atomic mass is 16.5. The highest BCUT2D eigenvalue weighted by Gasteiger charge is 2.23. The number of hydrogen-bond donors (Lipinski definition) is 0. The summed E-state index contributed by atoms with van der Waals surface area (Å²) in [6.45, 7) is 2.34. The highest BCUT2D eigenvalue weighted by Crippen LogP contribution is 2.40. The molecule has 4 aromatic rings. The fraction of sp³-hybridized carbons (Fsp3) is 0.160. The Bertz CT molecular complexity index is 1270. The van der Waals surface area contributed by atoms with Gasteiger partial charge >= 0.3 is 0 Å². The first-order valence-electron chi connectivity index (χ1n) is 9.84. The van der Waals surface area contributed by atoms with E-state index in [0.717, 1.165) is 40.6 Å². The summed E-state index contributed by atoms with van der Waals surface area (Å²) in [6.07, 6.45) is 1.86. The van der Waals surface area contributed by atoms with Crippen molar-refractivity contribution in [2.75, 3.05) is 6.61 Å². The van der Waals surface area contributed by atoms with Gasteiger partial charge in [0, 0.05) is 16.5 Å². The van der Waals surface area contributed by atoms with Crippen LogP contribution >= 0.6 is 0 Å². The molecule has 29 heavy (non-hydrogen) atoms. The lowest BCUT2D eigenvalue weighted by atomic mass is 9.87. The first kappa shape index (κ1) is 17.4. The van der Waals surface area contributed by atoms with E-state index in [0.29, 0.717) is 23.7 Å². The molecule has 140 valence electrons. The monoisotopic (exact) mass is 377 g/mol. The number of benzene rings is 2. The molecule has 0 amide bonds. The van der Waals surface area contributed by atoms with E-state index in [1.54, 1.807) is 0 Å². The highest BCUT2D eigenvalue weighted by molar-refractivity contribution is 5.99. The summed E-state index contributed by atoms with van der Waals surface area (Å²) < 4.78 is 5.72. The van der Waals surface area contributed by atoms with Crippen LogP contribution in [0.4, 0.5) is 0 Å². The van der Waals surface area contributed by atoms with Gasteiger partial charge < -0.3 is 4.74 Å². The Kier molecular flexibility index (Phi) is 4.22. The summed E-state index contributed by atoms with van der Waals surface area (Å²) in [7, 11) is 0. The average Bonchev–Trinajstić information content (AvgIpc) is 2.77. The maximum absolute atomic E-state index is 9.95. The van der Waals surface area contributed by atoms with Crippen LogP contribution in [0.5, 0.6) is 5.88 Å². The molecule has 0 radical (unpaired) electrons. The van der Waals surface area contributed by atoms with Gasteiger partial charge in [0.15, 0.2) is 5.65 Å². The van der Waals surface area contributed by atoms with Gasteiger partial charge in [-0.25, -0.2) is 4.98 Å². The van der Waals surface area contributed by atoms with Gasteiger partial charge in [0.25, 0.3) is 0 Å². The number of aryl methyl sites for hydroxylation is 2. The number of hydrogen-bond acceptors (Lipinski definition) is 4. The summed E-state index contributed by atoms with van der Waals surface area (Å²) in [5, 5.41) is 10.8. The lowest BCUT2D eigenvalue weighted by Crippen LogP contribution is -2.08. The van der Waals surface area contributed by atoms with Crippen molar-refractivity contribution < 1.29 is 4.74 Å². The average molecular weight is 377 g/mol. The van der Waals surface area contributed by atoms with Gasteiger partial charge in [-0.2, -0.15) is 10.2 Å². The molecule has 2 heterocycles. The molecule has 0 saturated carbocycles. The van der Waals surface area contributed by atoms with Gasteiger partial charge in [0.1, 0.15) is 11.6 Å². The smallest absolute Gasteiger partial charge is 0.234 e. The van der Waals surface area contributed by atoms with E-state index < -0.39 is 0 Å². The van der Waals surface area contributed by atoms with Crippen molar-refractivity contribution in [3.8, 4) is 34.2 Å². The maximum Gasteiger partial charge on any atom is 0.234 e. The van der Waals surface area contributed by atoms with E-state index >= 15 is 0 Å². The normalized spacial score (nSPS) is 12.1. The zero-order chi connectivity index (χ0) is 19.8. The summed E-state index contributed by atoms with van der Waals surface area (Å²) in [5.74, 6) is 0.352. The predicted octanol–water partition coefficient (Wildman–Crippen LogP) is 5.33. The van der Waals surface area contributed by atoms with Crippen LogP contribution in [-0.4, -0.2) is 16.6 Å². The molecule has 2 aromatic carbocycles. The SMILES string of the molecule is CCOc1nc2nc3c(cc2c(-c2ccccc2)c1C#N)-c1ccccc1CC3. The van der Waals surface area contributed by atoms with Gasteiger partial charge in [-0.15, -0.1) is 0 Å². The van der Waals surface area contributed by atoms with E-state index in [-0.39, 0.29) is 0 Å². The molecule has 0 atom stereocenters. The van der Waals surface area contributed by atoms with Gasteiger partial charge in [0.05, 0.1) is 12.3 Å². The fourth-order valence-corrected chi connectivity index (χ4v) is 4.13. The molecule has 1 aliphatic rings. The van der Waals surface area contributed by atoms with Gasteiger partial charge in [-0.1, -0.05) is 54.6 Å². The second-order valence-corrected chi connectivity index (χ2v) is 7.09. The molecule has 5 rings (SSSR count). The zero-order valence-electron chi connectivity index (χ0n) is 16.1. The molecule has 0 saturated heterocycles. The number of aromatic nitrogens is 2. The molecule has 0 fully saturated rings. The van der Waals surface area contributed by atoms with Crippen molar-refractivity contribution >= 4 is 11.0 Å². The number of pyridine rings is 2. The van der Waals surface area contributed by atoms with Crippen LogP contribution in [0.1, 0.15) is 23.7 Å². The molecule has 0 aliphatic heterocycles. The van der Waals surface area contributed by atoms with Gasteiger partial charge in [-0.05, 0) is 42.5 Å². The third-order valence-corrected chi connectivity index (χ3v) is 5.42. The maximum atomic E-state index is 9.95. The first-order valence-corrected chi connectivity index (χ1v) is 9.84. The largest absolute Gasteiger partial charge is 0.477 e. The van der Waals surface area contributed by atoms with E-state index in [4.69, 9.17) is 9.72 Å². The van der Waals surface area contributed by atoms with E-state index in [2.05, 4.69) is 41.4 Å². The van der Waals surface area contributed by atoms with Crippen molar-refractivity contribution in [2.45, 2.75) is 19.8 Å². The number of rotatable bonds is 3. The molecule has 4 nitrogen and oxygen atoms in total. The number of nitrogens with zero attached hydrogens (tertiary/aromatic N) is 3. The van der Waals surface area contributed by atoms with Crippen LogP contribution in [0.3, 0.4) is 0 Å². The fourth-order valence-electron chi connectivity index (χ4n) is 4.13. The third kappa shape index (κ3) is 2.83. The van der Waals surface area contributed by atoms with Crippen molar-refractivity contribution in [1.82, 2.24) is 9.97 Å². The number of nitriles is 1. The first-order chi connectivity index (χ1) is 14.3. The molecular formula is C25H19N3O. The van der Waals surface area contributed by atoms with Crippen LogP contribution < -0.4 is 4.74 Å². The van der Waals surface area contributed by atoms with Crippen LogP contribution in [-0.2, 0) is 12.8 Å².